The Hall–Kier alpha value is -5.91. The SMILES string of the molecule is CC(C)(C)OC(=O)N[C@H](C(=O)O)C(C1CC1)C1CC1.Cc1cnn(C)c1-c1ccc(N)cc1OCOCC[Si](C)(C)C.Cc1cnn(C)c1-c1ccc(NC(=O)[C@@H](NC(=O)OC(C)(C)C)C(C2CC2)C2CC2)cc1OCOCC[Si](C)(C)C. The number of hydrogen-bond acceptors (Lipinski definition) is 13. The minimum absolute atomic E-state index is 0.0741. The molecular weight excluding hydrogens is 1090 g/mol. The fourth-order valence-electron chi connectivity index (χ4n) is 10.3. The van der Waals surface area contributed by atoms with Crippen LogP contribution in [0.1, 0.15) is 104 Å². The van der Waals surface area contributed by atoms with Gasteiger partial charge >= 0.3 is 18.2 Å². The van der Waals surface area contributed by atoms with Crippen LogP contribution in [0.3, 0.4) is 0 Å². The van der Waals surface area contributed by atoms with E-state index < -0.39 is 57.6 Å². The third-order valence-electron chi connectivity index (χ3n) is 14.9. The number of aromatic nitrogens is 4. The highest BCUT2D eigenvalue weighted by Crippen LogP contribution is 2.52. The summed E-state index contributed by atoms with van der Waals surface area (Å²) in [7, 11) is 1.53. The number of carboxylic acid groups (broad SMARTS) is 1. The van der Waals surface area contributed by atoms with Crippen molar-refractivity contribution in [2.75, 3.05) is 37.9 Å². The number of carbonyl (C=O) groups is 4. The second-order valence-electron chi connectivity index (χ2n) is 27.6. The van der Waals surface area contributed by atoms with Crippen LogP contribution < -0.4 is 31.2 Å². The summed E-state index contributed by atoms with van der Waals surface area (Å²) in [5, 5.41) is 26.6. The Morgan fingerprint density at radius 3 is 1.37 bits per heavy atom. The van der Waals surface area contributed by atoms with Gasteiger partial charge in [-0.3, -0.25) is 14.2 Å². The molecule has 6 N–H and O–H groups in total. The molecule has 83 heavy (non-hydrogen) atoms. The van der Waals surface area contributed by atoms with Gasteiger partial charge in [-0.25, -0.2) is 14.4 Å². The van der Waals surface area contributed by atoms with Gasteiger partial charge in [-0.1, -0.05) is 39.3 Å². The predicted octanol–water partition coefficient (Wildman–Crippen LogP) is 12.4. The van der Waals surface area contributed by atoms with Gasteiger partial charge < -0.3 is 55.2 Å². The number of aryl methyl sites for hydroxylation is 4. The van der Waals surface area contributed by atoms with Crippen LogP contribution in [0.5, 0.6) is 11.5 Å². The predicted molar refractivity (Wildman–Crippen MR) is 331 cm³/mol. The standard InChI is InChI=1S/C31H48N4O5Si.C17H27N3O2Si.C14H23NO4/c1-20-18-32-35(5)28(20)24-14-13-23(17-25(24)39-19-38-15-16-41(6,7)8)33-29(36)27(34-30(37)40-31(2,3)4)26(21-9-10-21)22-11-12-22;1-13-11-19-20(2)17(13)15-7-6-14(18)10-16(15)22-12-21-8-9-23(3,4)5;1-14(2,3)19-13(18)15-11(12(16)17)10(8-4-5-8)9-6-7-9/h13-14,17-18,21-22,26-27H,9-12,15-16,19H2,1-8H3,(H,33,36)(H,34,37);6-7,10-11H,8-9,12,18H2,1-5H3;8-11H,4-7H2,1-3H3,(H,15,18)(H,16,17)/t27-;;11-/m0.0/s1. The third kappa shape index (κ3) is 21.9. The Morgan fingerprint density at radius 2 is 1.01 bits per heavy atom. The Kier molecular flexibility index (Phi) is 22.6. The molecule has 19 nitrogen and oxygen atoms in total. The van der Waals surface area contributed by atoms with Crippen LogP contribution in [-0.4, -0.2) is 115 Å². The first-order valence-corrected chi connectivity index (χ1v) is 37.1. The van der Waals surface area contributed by atoms with E-state index in [1.807, 2.05) is 107 Å². The summed E-state index contributed by atoms with van der Waals surface area (Å²) in [5.41, 5.74) is 11.8. The number of nitrogens with zero attached hydrogens (tertiary/aromatic N) is 4. The molecular formula is C62H98N8O11Si2. The first-order valence-electron chi connectivity index (χ1n) is 29.7. The number of nitrogens with two attached hydrogens (primary N) is 1. The van der Waals surface area contributed by atoms with Crippen molar-refractivity contribution in [1.82, 2.24) is 30.2 Å². The van der Waals surface area contributed by atoms with Gasteiger partial charge in [-0.2, -0.15) is 10.2 Å². The van der Waals surface area contributed by atoms with Crippen molar-refractivity contribution in [3.8, 4) is 34.0 Å². The maximum absolute atomic E-state index is 13.8. The average molecular weight is 1190 g/mol. The van der Waals surface area contributed by atoms with Crippen LogP contribution in [0.2, 0.25) is 51.4 Å². The molecule has 8 rings (SSSR count). The Labute approximate surface area is 495 Å². The van der Waals surface area contributed by atoms with Gasteiger partial charge in [0.25, 0.3) is 0 Å². The molecule has 4 aliphatic carbocycles. The molecule has 21 heteroatoms. The van der Waals surface area contributed by atoms with Gasteiger partial charge in [0.05, 0.1) is 23.8 Å². The monoisotopic (exact) mass is 1190 g/mol. The second-order valence-corrected chi connectivity index (χ2v) is 38.9. The van der Waals surface area contributed by atoms with Crippen LogP contribution in [0.4, 0.5) is 21.0 Å². The van der Waals surface area contributed by atoms with Crippen molar-refractivity contribution in [1.29, 1.82) is 0 Å². The van der Waals surface area contributed by atoms with Crippen LogP contribution in [0, 0.1) is 49.4 Å². The Bertz CT molecular complexity index is 2750. The molecule has 0 radical (unpaired) electrons. The number of carboxylic acids is 1. The van der Waals surface area contributed by atoms with E-state index in [0.717, 1.165) is 109 Å². The van der Waals surface area contributed by atoms with Gasteiger partial charge in [0.15, 0.2) is 13.6 Å². The van der Waals surface area contributed by atoms with E-state index in [2.05, 4.69) is 65.4 Å². The summed E-state index contributed by atoms with van der Waals surface area (Å²) in [6.07, 6.45) is 11.2. The Balaban J connectivity index is 0.000000221. The first kappa shape index (κ1) is 66.2. The maximum Gasteiger partial charge on any atom is 0.408 e. The first-order chi connectivity index (χ1) is 38.8. The lowest BCUT2D eigenvalue weighted by molar-refractivity contribution is -0.141. The molecule has 0 spiro atoms. The highest BCUT2D eigenvalue weighted by Gasteiger charge is 2.50. The number of nitrogen functional groups attached to an aromatic ring is 1. The zero-order valence-corrected chi connectivity index (χ0v) is 54.5. The molecule has 0 aliphatic heterocycles. The zero-order valence-electron chi connectivity index (χ0n) is 52.5. The molecule has 4 saturated carbocycles. The summed E-state index contributed by atoms with van der Waals surface area (Å²) in [6, 6.07) is 12.0. The molecule has 3 amide bonds. The number of amides is 3. The van der Waals surface area contributed by atoms with E-state index >= 15 is 0 Å². The minimum Gasteiger partial charge on any atom is -0.480 e. The van der Waals surface area contributed by atoms with Crippen molar-refractivity contribution >= 4 is 51.6 Å². The molecule has 460 valence electrons. The summed E-state index contributed by atoms with van der Waals surface area (Å²) in [4.78, 5) is 49.8. The molecule has 2 atom stereocenters. The van der Waals surface area contributed by atoms with Crippen molar-refractivity contribution < 1.29 is 52.7 Å². The highest BCUT2D eigenvalue weighted by atomic mass is 28.3. The highest BCUT2D eigenvalue weighted by molar-refractivity contribution is 6.76. The second kappa shape index (κ2) is 28.3. The number of carbonyl (C=O) groups excluding carboxylic acids is 3. The third-order valence-corrected chi connectivity index (χ3v) is 18.3. The van der Waals surface area contributed by atoms with E-state index in [-0.39, 0.29) is 31.3 Å². The van der Waals surface area contributed by atoms with E-state index in [1.165, 1.54) is 0 Å². The molecule has 2 heterocycles. The number of rotatable bonds is 25. The quantitative estimate of drug-likeness (QED) is 0.0179. The topological polar surface area (TPSA) is 242 Å². The normalized spacial score (nSPS) is 16.2. The molecule has 4 aromatic rings. The van der Waals surface area contributed by atoms with E-state index in [9.17, 15) is 24.3 Å². The van der Waals surface area contributed by atoms with E-state index in [0.29, 0.717) is 47.4 Å². The molecule has 0 unspecified atom stereocenters. The van der Waals surface area contributed by atoms with Crippen LogP contribution in [0.25, 0.3) is 22.5 Å². The fourth-order valence-corrected chi connectivity index (χ4v) is 11.8. The summed E-state index contributed by atoms with van der Waals surface area (Å²) >= 11 is 0. The lowest BCUT2D eigenvalue weighted by Gasteiger charge is -2.29. The number of alkyl carbamates (subject to hydrolysis) is 2. The minimum atomic E-state index is -1.21. The number of anilines is 2. The van der Waals surface area contributed by atoms with Gasteiger partial charge in [0.1, 0.15) is 34.8 Å². The maximum atomic E-state index is 13.8. The fraction of sp³-hybridized carbons (Fsp3) is 0.645. The molecule has 4 aliphatic rings. The number of benzene rings is 2. The van der Waals surface area contributed by atoms with E-state index in [4.69, 9.17) is 34.2 Å². The number of ether oxygens (including phenoxy) is 6. The van der Waals surface area contributed by atoms with Crippen molar-refractivity contribution in [3.05, 3.63) is 59.9 Å². The van der Waals surface area contributed by atoms with Gasteiger partial charge in [-0.15, -0.1) is 0 Å². The van der Waals surface area contributed by atoms with Crippen LogP contribution in [-0.2, 0) is 42.6 Å². The van der Waals surface area contributed by atoms with Crippen molar-refractivity contribution in [3.63, 3.8) is 0 Å². The van der Waals surface area contributed by atoms with Crippen LogP contribution >= 0.6 is 0 Å². The summed E-state index contributed by atoms with van der Waals surface area (Å²) < 4.78 is 37.8. The summed E-state index contributed by atoms with van der Waals surface area (Å²) in [6.45, 7) is 30.5. The zero-order chi connectivity index (χ0) is 61.2. The number of aliphatic carboxylic acids is 1. The average Bonchev–Trinajstić information content (AvgIpc) is 4.01. The lowest BCUT2D eigenvalue weighted by atomic mass is 9.88. The largest absolute Gasteiger partial charge is 0.480 e. The molecule has 4 fully saturated rings. The van der Waals surface area contributed by atoms with Gasteiger partial charge in [-0.05, 0) is 190 Å². The number of nitrogens with one attached hydrogen (secondary N) is 3. The van der Waals surface area contributed by atoms with E-state index in [1.54, 1.807) is 20.8 Å². The lowest BCUT2D eigenvalue weighted by Crippen LogP contribution is -2.51. The molecule has 2 aromatic heterocycles. The number of hydrogen-bond donors (Lipinski definition) is 5. The van der Waals surface area contributed by atoms with Crippen LogP contribution in [0.15, 0.2) is 48.8 Å². The van der Waals surface area contributed by atoms with Crippen molar-refractivity contribution in [2.45, 2.75) is 181 Å². The Morgan fingerprint density at radius 1 is 0.627 bits per heavy atom. The molecule has 2 aromatic carbocycles. The van der Waals surface area contributed by atoms with Gasteiger partial charge in [0.2, 0.25) is 5.91 Å². The molecule has 0 saturated heterocycles. The molecule has 0 bridgehead atoms. The van der Waals surface area contributed by atoms with Gasteiger partial charge in [0, 0.05) is 78.1 Å². The van der Waals surface area contributed by atoms with Crippen molar-refractivity contribution in [2.24, 2.45) is 49.6 Å². The summed E-state index contributed by atoms with van der Waals surface area (Å²) in [5.74, 6) is 2.15. The smallest absolute Gasteiger partial charge is 0.408 e.